The van der Waals surface area contributed by atoms with E-state index in [2.05, 4.69) is 76.7 Å². The third kappa shape index (κ3) is 5.17. The van der Waals surface area contributed by atoms with Crippen molar-refractivity contribution in [1.82, 2.24) is 19.6 Å². The molecule has 180 valence electrons. The SMILES string of the molecule is CCc1nn(-c2cccc(C)c2)c(N2CCN(C)CC2)c1CN(Cc1ccc(Cl)cc1)C1CC1. The molecule has 0 atom stereocenters. The monoisotopic (exact) mass is 477 g/mol. The minimum Gasteiger partial charge on any atom is -0.354 e. The van der Waals surface area contributed by atoms with Crippen LogP contribution in [0.25, 0.3) is 5.69 Å². The van der Waals surface area contributed by atoms with Crippen LogP contribution in [0.3, 0.4) is 0 Å². The number of hydrogen-bond acceptors (Lipinski definition) is 4. The molecule has 0 unspecified atom stereocenters. The maximum atomic E-state index is 6.15. The van der Waals surface area contributed by atoms with E-state index in [9.17, 15) is 0 Å². The second kappa shape index (κ2) is 10.1. The van der Waals surface area contributed by atoms with E-state index in [-0.39, 0.29) is 0 Å². The predicted octanol–water partition coefficient (Wildman–Crippen LogP) is 5.31. The molecule has 1 aliphatic heterocycles. The lowest BCUT2D eigenvalue weighted by atomic mass is 10.1. The minimum absolute atomic E-state index is 0.656. The van der Waals surface area contributed by atoms with E-state index >= 15 is 0 Å². The molecule has 0 bridgehead atoms. The zero-order chi connectivity index (χ0) is 23.7. The molecular formula is C28H36ClN5. The number of benzene rings is 2. The van der Waals surface area contributed by atoms with Crippen molar-refractivity contribution in [3.8, 4) is 5.69 Å². The molecule has 2 aliphatic rings. The molecule has 1 saturated heterocycles. The van der Waals surface area contributed by atoms with Crippen molar-refractivity contribution >= 4 is 17.4 Å². The van der Waals surface area contributed by atoms with Crippen molar-refractivity contribution in [3.05, 3.63) is 75.9 Å². The van der Waals surface area contributed by atoms with E-state index in [0.29, 0.717) is 6.04 Å². The summed E-state index contributed by atoms with van der Waals surface area (Å²) in [5.41, 5.74) is 6.36. The fourth-order valence-electron chi connectivity index (χ4n) is 5.00. The number of aromatic nitrogens is 2. The summed E-state index contributed by atoms with van der Waals surface area (Å²) in [5, 5.41) is 6.00. The molecule has 1 saturated carbocycles. The van der Waals surface area contributed by atoms with Gasteiger partial charge in [0.2, 0.25) is 0 Å². The average Bonchev–Trinajstić information content (AvgIpc) is 3.62. The minimum atomic E-state index is 0.656. The van der Waals surface area contributed by atoms with Crippen molar-refractivity contribution in [2.24, 2.45) is 0 Å². The van der Waals surface area contributed by atoms with Gasteiger partial charge >= 0.3 is 0 Å². The largest absolute Gasteiger partial charge is 0.354 e. The van der Waals surface area contributed by atoms with E-state index < -0.39 is 0 Å². The predicted molar refractivity (Wildman–Crippen MR) is 141 cm³/mol. The first-order chi connectivity index (χ1) is 16.5. The summed E-state index contributed by atoms with van der Waals surface area (Å²) in [6.07, 6.45) is 3.50. The molecule has 0 radical (unpaired) electrons. The van der Waals surface area contributed by atoms with Gasteiger partial charge in [-0.05, 0) is 68.6 Å². The fourth-order valence-corrected chi connectivity index (χ4v) is 5.12. The number of likely N-dealkylation sites (N-methyl/N-ethyl adjacent to an activating group) is 1. The molecule has 2 heterocycles. The first kappa shape index (κ1) is 23.4. The maximum absolute atomic E-state index is 6.15. The Bertz CT molecular complexity index is 1110. The summed E-state index contributed by atoms with van der Waals surface area (Å²) in [5.74, 6) is 1.29. The number of rotatable bonds is 8. The van der Waals surface area contributed by atoms with Gasteiger partial charge < -0.3 is 9.80 Å². The highest BCUT2D eigenvalue weighted by molar-refractivity contribution is 6.30. The first-order valence-corrected chi connectivity index (χ1v) is 13.0. The van der Waals surface area contributed by atoms with Crippen LogP contribution in [0.5, 0.6) is 0 Å². The van der Waals surface area contributed by atoms with Crippen LogP contribution in [0.1, 0.15) is 42.1 Å². The highest BCUT2D eigenvalue weighted by Gasteiger charge is 2.33. The number of aryl methyl sites for hydroxylation is 2. The molecule has 3 aromatic rings. The molecule has 0 amide bonds. The molecule has 0 N–H and O–H groups in total. The summed E-state index contributed by atoms with van der Waals surface area (Å²) < 4.78 is 2.22. The highest BCUT2D eigenvalue weighted by atomic mass is 35.5. The molecule has 1 aliphatic carbocycles. The molecule has 0 spiro atoms. The van der Waals surface area contributed by atoms with Crippen LogP contribution in [-0.2, 0) is 19.5 Å². The summed E-state index contributed by atoms with van der Waals surface area (Å²) in [7, 11) is 2.22. The zero-order valence-electron chi connectivity index (χ0n) is 20.7. The van der Waals surface area contributed by atoms with Crippen LogP contribution >= 0.6 is 11.6 Å². The van der Waals surface area contributed by atoms with E-state index in [1.807, 2.05) is 12.1 Å². The molecule has 5 rings (SSSR count). The summed E-state index contributed by atoms with van der Waals surface area (Å²) in [4.78, 5) is 7.64. The average molecular weight is 478 g/mol. The van der Waals surface area contributed by atoms with E-state index in [0.717, 1.165) is 56.4 Å². The lowest BCUT2D eigenvalue weighted by molar-refractivity contribution is 0.244. The van der Waals surface area contributed by atoms with Gasteiger partial charge in [-0.15, -0.1) is 0 Å². The highest BCUT2D eigenvalue weighted by Crippen LogP contribution is 2.35. The Morgan fingerprint density at radius 3 is 2.38 bits per heavy atom. The van der Waals surface area contributed by atoms with Gasteiger partial charge in [-0.1, -0.05) is 42.8 Å². The molecule has 2 fully saturated rings. The van der Waals surface area contributed by atoms with Gasteiger partial charge in [0.1, 0.15) is 5.82 Å². The normalized spacial score (nSPS) is 17.0. The van der Waals surface area contributed by atoms with Gasteiger partial charge in [0.25, 0.3) is 0 Å². The van der Waals surface area contributed by atoms with Crippen molar-refractivity contribution in [1.29, 1.82) is 0 Å². The van der Waals surface area contributed by atoms with Crippen molar-refractivity contribution in [2.45, 2.75) is 52.2 Å². The van der Waals surface area contributed by atoms with Crippen LogP contribution in [0.2, 0.25) is 5.02 Å². The lowest BCUT2D eigenvalue weighted by Gasteiger charge is -2.35. The lowest BCUT2D eigenvalue weighted by Crippen LogP contribution is -2.45. The Morgan fingerprint density at radius 1 is 1.00 bits per heavy atom. The Hall–Kier alpha value is -2.34. The second-order valence-electron chi connectivity index (χ2n) is 9.91. The molecule has 1 aromatic heterocycles. The Balaban J connectivity index is 1.53. The third-order valence-electron chi connectivity index (χ3n) is 7.15. The van der Waals surface area contributed by atoms with Gasteiger partial charge in [0.05, 0.1) is 11.4 Å². The van der Waals surface area contributed by atoms with E-state index in [4.69, 9.17) is 16.7 Å². The number of anilines is 1. The third-order valence-corrected chi connectivity index (χ3v) is 7.40. The fraction of sp³-hybridized carbons (Fsp3) is 0.464. The first-order valence-electron chi connectivity index (χ1n) is 12.6. The van der Waals surface area contributed by atoms with Crippen molar-refractivity contribution in [2.75, 3.05) is 38.1 Å². The summed E-state index contributed by atoms with van der Waals surface area (Å²) in [6, 6.07) is 17.7. The summed E-state index contributed by atoms with van der Waals surface area (Å²) in [6.45, 7) is 10.5. The molecule has 2 aromatic carbocycles. The Labute approximate surface area is 208 Å². The number of nitrogens with zero attached hydrogens (tertiary/aromatic N) is 5. The molecule has 5 nitrogen and oxygen atoms in total. The van der Waals surface area contributed by atoms with Crippen LogP contribution < -0.4 is 4.90 Å². The number of hydrogen-bond donors (Lipinski definition) is 0. The van der Waals surface area contributed by atoms with Crippen molar-refractivity contribution < 1.29 is 0 Å². The summed E-state index contributed by atoms with van der Waals surface area (Å²) >= 11 is 6.15. The number of halogens is 1. The van der Waals surface area contributed by atoms with Crippen molar-refractivity contribution in [3.63, 3.8) is 0 Å². The quantitative estimate of drug-likeness (QED) is 0.439. The molecular weight excluding hydrogens is 442 g/mol. The zero-order valence-corrected chi connectivity index (χ0v) is 21.4. The number of piperazine rings is 1. The van der Waals surface area contributed by atoms with Crippen LogP contribution in [0.4, 0.5) is 5.82 Å². The standard InChI is InChI=1S/C28H36ClN5/c1-4-27-26(20-33(24-12-13-24)19-22-8-10-23(29)11-9-22)28(32-16-14-31(3)15-17-32)34(30-27)25-7-5-6-21(2)18-25/h5-11,18,24H,4,12-17,19-20H2,1-3H3. The van der Waals surface area contributed by atoms with E-state index in [1.165, 1.54) is 41.0 Å². The topological polar surface area (TPSA) is 27.5 Å². The van der Waals surface area contributed by atoms with Crippen LogP contribution in [-0.4, -0.2) is 58.8 Å². The van der Waals surface area contributed by atoms with Gasteiger partial charge in [-0.3, -0.25) is 4.90 Å². The van der Waals surface area contributed by atoms with Gasteiger partial charge in [0, 0.05) is 55.9 Å². The van der Waals surface area contributed by atoms with Crippen LogP contribution in [0, 0.1) is 6.92 Å². The van der Waals surface area contributed by atoms with E-state index in [1.54, 1.807) is 0 Å². The Morgan fingerprint density at radius 2 is 1.74 bits per heavy atom. The van der Waals surface area contributed by atoms with Gasteiger partial charge in [0.15, 0.2) is 0 Å². The van der Waals surface area contributed by atoms with Crippen LogP contribution in [0.15, 0.2) is 48.5 Å². The Kier molecular flexibility index (Phi) is 6.96. The smallest absolute Gasteiger partial charge is 0.137 e. The van der Waals surface area contributed by atoms with Gasteiger partial charge in [-0.25, -0.2) is 4.68 Å². The second-order valence-corrected chi connectivity index (χ2v) is 10.3. The molecule has 6 heteroatoms. The van der Waals surface area contributed by atoms with Gasteiger partial charge in [-0.2, -0.15) is 5.10 Å². The molecule has 34 heavy (non-hydrogen) atoms. The maximum Gasteiger partial charge on any atom is 0.137 e.